The number of rotatable bonds is 2. The van der Waals surface area contributed by atoms with Gasteiger partial charge in [-0.15, -0.1) is 0 Å². The number of allylic oxidation sites excluding steroid dienone is 1. The van der Waals surface area contributed by atoms with E-state index in [-0.39, 0.29) is 5.41 Å². The van der Waals surface area contributed by atoms with Crippen LogP contribution in [-0.2, 0) is 5.41 Å². The van der Waals surface area contributed by atoms with Gasteiger partial charge in [0.25, 0.3) is 0 Å². The topological polar surface area (TPSA) is 9.23 Å². The molecule has 0 bridgehead atoms. The minimum absolute atomic E-state index is 0.207. The van der Waals surface area contributed by atoms with Crippen LogP contribution in [0.2, 0.25) is 0 Å². The van der Waals surface area contributed by atoms with Crippen molar-refractivity contribution in [1.82, 2.24) is 0 Å². The van der Waals surface area contributed by atoms with Gasteiger partial charge in [0.2, 0.25) is 0 Å². The lowest BCUT2D eigenvalue weighted by molar-refractivity contribution is 0.479. The molecule has 1 nitrogen and oxygen atoms in total. The fourth-order valence-corrected chi connectivity index (χ4v) is 1.18. The Kier molecular flexibility index (Phi) is 3.34. The van der Waals surface area contributed by atoms with E-state index >= 15 is 0 Å². The van der Waals surface area contributed by atoms with E-state index in [0.717, 1.165) is 5.75 Å². The van der Waals surface area contributed by atoms with Crippen molar-refractivity contribution in [3.8, 4) is 5.75 Å². The molecule has 0 fully saturated rings. The van der Waals surface area contributed by atoms with Crippen LogP contribution < -0.4 is 4.74 Å². The van der Waals surface area contributed by atoms with E-state index in [1.54, 1.807) is 6.26 Å². The third-order valence-electron chi connectivity index (χ3n) is 2.06. The monoisotopic (exact) mass is 190 g/mol. The van der Waals surface area contributed by atoms with Crippen LogP contribution >= 0.6 is 0 Å². The first-order chi connectivity index (χ1) is 6.54. The number of hydrogen-bond donors (Lipinski definition) is 0. The van der Waals surface area contributed by atoms with Gasteiger partial charge in [0, 0.05) is 0 Å². The molecular formula is C13H18O. The largest absolute Gasteiger partial charge is 0.465 e. The van der Waals surface area contributed by atoms with E-state index in [9.17, 15) is 0 Å². The first-order valence-corrected chi connectivity index (χ1v) is 4.92. The molecule has 0 N–H and O–H groups in total. The molecule has 1 aromatic carbocycles. The average molecular weight is 190 g/mol. The summed E-state index contributed by atoms with van der Waals surface area (Å²) in [6.07, 6.45) is 3.56. The van der Waals surface area contributed by atoms with Crippen LogP contribution in [0.25, 0.3) is 0 Å². The van der Waals surface area contributed by atoms with Gasteiger partial charge < -0.3 is 4.74 Å². The maximum Gasteiger partial charge on any atom is 0.126 e. The van der Waals surface area contributed by atoms with Gasteiger partial charge in [-0.25, -0.2) is 0 Å². The first kappa shape index (κ1) is 10.8. The minimum atomic E-state index is 0.207. The van der Waals surface area contributed by atoms with Crippen molar-refractivity contribution in [2.75, 3.05) is 0 Å². The summed E-state index contributed by atoms with van der Waals surface area (Å²) >= 11 is 0. The van der Waals surface area contributed by atoms with Crippen LogP contribution in [0, 0.1) is 0 Å². The van der Waals surface area contributed by atoms with E-state index in [2.05, 4.69) is 32.9 Å². The first-order valence-electron chi connectivity index (χ1n) is 4.92. The molecule has 0 atom stereocenters. The van der Waals surface area contributed by atoms with Crippen LogP contribution in [0.4, 0.5) is 0 Å². The predicted octanol–water partition coefficient (Wildman–Crippen LogP) is 3.90. The molecule has 14 heavy (non-hydrogen) atoms. The number of hydrogen-bond acceptors (Lipinski definition) is 1. The van der Waals surface area contributed by atoms with Crippen LogP contribution in [0.15, 0.2) is 36.6 Å². The molecular weight excluding hydrogens is 172 g/mol. The second-order valence-electron chi connectivity index (χ2n) is 4.36. The van der Waals surface area contributed by atoms with Crippen molar-refractivity contribution >= 4 is 0 Å². The molecule has 0 radical (unpaired) electrons. The molecule has 0 amide bonds. The van der Waals surface area contributed by atoms with Crippen molar-refractivity contribution in [3.63, 3.8) is 0 Å². The van der Waals surface area contributed by atoms with E-state index in [1.807, 2.05) is 25.1 Å². The lowest BCUT2D eigenvalue weighted by atomic mass is 9.87. The molecule has 76 valence electrons. The van der Waals surface area contributed by atoms with Gasteiger partial charge in [0.05, 0.1) is 6.26 Å². The Morgan fingerprint density at radius 2 is 1.64 bits per heavy atom. The molecule has 1 heteroatoms. The van der Waals surface area contributed by atoms with Crippen LogP contribution in [0.5, 0.6) is 5.75 Å². The Balaban J connectivity index is 2.79. The number of ether oxygens (including phenoxy) is 1. The van der Waals surface area contributed by atoms with Crippen LogP contribution in [-0.4, -0.2) is 0 Å². The zero-order valence-electron chi connectivity index (χ0n) is 9.37. The normalized spacial score (nSPS) is 12.0. The summed E-state index contributed by atoms with van der Waals surface area (Å²) in [5.74, 6) is 0.885. The Morgan fingerprint density at radius 3 is 2.07 bits per heavy atom. The lowest BCUT2D eigenvalue weighted by Gasteiger charge is -2.18. The molecule has 0 heterocycles. The van der Waals surface area contributed by atoms with E-state index < -0.39 is 0 Å². The molecule has 0 aromatic heterocycles. The fourth-order valence-electron chi connectivity index (χ4n) is 1.18. The standard InChI is InChI=1S/C13H18O/c1-5-10-14-12-8-6-11(7-9-12)13(2,3)4/h5-10H,1-4H3/b10-5+. The zero-order valence-corrected chi connectivity index (χ0v) is 9.37. The van der Waals surface area contributed by atoms with Crippen molar-refractivity contribution in [2.24, 2.45) is 0 Å². The minimum Gasteiger partial charge on any atom is -0.465 e. The Hall–Kier alpha value is -1.24. The van der Waals surface area contributed by atoms with E-state index in [1.165, 1.54) is 5.56 Å². The third kappa shape index (κ3) is 2.91. The summed E-state index contributed by atoms with van der Waals surface area (Å²) in [6, 6.07) is 8.22. The fraction of sp³-hybridized carbons (Fsp3) is 0.385. The lowest BCUT2D eigenvalue weighted by Crippen LogP contribution is -2.10. The van der Waals surface area contributed by atoms with Gasteiger partial charge in [-0.3, -0.25) is 0 Å². The Labute approximate surface area is 86.4 Å². The molecule has 0 spiro atoms. The molecule has 0 aliphatic heterocycles. The zero-order chi connectivity index (χ0) is 10.6. The van der Waals surface area contributed by atoms with Crippen molar-refractivity contribution in [1.29, 1.82) is 0 Å². The molecule has 0 saturated heterocycles. The summed E-state index contributed by atoms with van der Waals surface area (Å²) in [5.41, 5.74) is 1.53. The van der Waals surface area contributed by atoms with Crippen molar-refractivity contribution in [3.05, 3.63) is 42.2 Å². The molecule has 0 saturated carbocycles. The maximum absolute atomic E-state index is 5.34. The van der Waals surface area contributed by atoms with Gasteiger partial charge in [-0.05, 0) is 30.0 Å². The second kappa shape index (κ2) is 4.32. The van der Waals surface area contributed by atoms with Gasteiger partial charge in [-0.1, -0.05) is 39.0 Å². The summed E-state index contributed by atoms with van der Waals surface area (Å²) in [7, 11) is 0. The van der Waals surface area contributed by atoms with Crippen LogP contribution in [0.3, 0.4) is 0 Å². The van der Waals surface area contributed by atoms with Crippen molar-refractivity contribution < 1.29 is 4.74 Å². The number of benzene rings is 1. The van der Waals surface area contributed by atoms with Gasteiger partial charge in [0.1, 0.15) is 5.75 Å². The average Bonchev–Trinajstić information content (AvgIpc) is 2.14. The Bertz CT molecular complexity index is 301. The third-order valence-corrected chi connectivity index (χ3v) is 2.06. The SMILES string of the molecule is C/C=C/Oc1ccc(C(C)(C)C)cc1. The molecule has 1 aromatic rings. The molecule has 0 aliphatic carbocycles. The predicted molar refractivity (Wildman–Crippen MR) is 60.6 cm³/mol. The molecule has 0 aliphatic rings. The molecule has 1 rings (SSSR count). The molecule has 0 unspecified atom stereocenters. The summed E-state index contributed by atoms with van der Waals surface area (Å²) < 4.78 is 5.34. The smallest absolute Gasteiger partial charge is 0.126 e. The maximum atomic E-state index is 5.34. The van der Waals surface area contributed by atoms with Gasteiger partial charge in [0.15, 0.2) is 0 Å². The van der Waals surface area contributed by atoms with Gasteiger partial charge >= 0.3 is 0 Å². The highest BCUT2D eigenvalue weighted by Gasteiger charge is 2.12. The summed E-state index contributed by atoms with van der Waals surface area (Å²) in [6.45, 7) is 8.54. The van der Waals surface area contributed by atoms with Crippen LogP contribution in [0.1, 0.15) is 33.3 Å². The highest BCUT2D eigenvalue weighted by Crippen LogP contribution is 2.24. The second-order valence-corrected chi connectivity index (χ2v) is 4.36. The summed E-state index contributed by atoms with van der Waals surface area (Å²) in [5, 5.41) is 0. The summed E-state index contributed by atoms with van der Waals surface area (Å²) in [4.78, 5) is 0. The highest BCUT2D eigenvalue weighted by atomic mass is 16.5. The van der Waals surface area contributed by atoms with E-state index in [4.69, 9.17) is 4.74 Å². The Morgan fingerprint density at radius 1 is 1.07 bits per heavy atom. The van der Waals surface area contributed by atoms with Gasteiger partial charge in [-0.2, -0.15) is 0 Å². The quantitative estimate of drug-likeness (QED) is 0.643. The highest BCUT2D eigenvalue weighted by molar-refractivity contribution is 5.31. The van der Waals surface area contributed by atoms with E-state index in [0.29, 0.717) is 0 Å². The van der Waals surface area contributed by atoms with Crippen molar-refractivity contribution in [2.45, 2.75) is 33.1 Å².